The summed E-state index contributed by atoms with van der Waals surface area (Å²) >= 11 is 0. The fourth-order valence-corrected chi connectivity index (χ4v) is 7.89. The zero-order chi connectivity index (χ0) is 35.3. The summed E-state index contributed by atoms with van der Waals surface area (Å²) in [5.41, 5.74) is -1.93. The standard InChI is InChI=1S/C32H31F3N4O8S/c1-18-6-10-26(46-5)23(12-18)31(38-17-20(40)14-25(38)29(41)37(2)3)22-13-19(16-36)7-9-24(22)39(30(31)42)48(43,44)28-11-8-21(45-4)15-27(28)47-32(33,34)35/h6-13,15,20,25,40H,14,17H2,1-5H3/t20-,25+,31?/m1/s1. The van der Waals surface area contributed by atoms with Crippen molar-refractivity contribution in [3.8, 4) is 23.3 Å². The molecular formula is C32H31F3N4O8S. The molecule has 0 spiro atoms. The second-order valence-electron chi connectivity index (χ2n) is 11.5. The average Bonchev–Trinajstić information content (AvgIpc) is 3.53. The summed E-state index contributed by atoms with van der Waals surface area (Å²) in [6.45, 7) is 1.40. The molecule has 1 fully saturated rings. The van der Waals surface area contributed by atoms with Gasteiger partial charge in [0, 0.05) is 37.8 Å². The maximum Gasteiger partial charge on any atom is 0.573 e. The van der Waals surface area contributed by atoms with Gasteiger partial charge in [0.2, 0.25) is 5.91 Å². The number of aliphatic hydroxyl groups is 1. The summed E-state index contributed by atoms with van der Waals surface area (Å²) in [6.07, 6.45) is -6.61. The summed E-state index contributed by atoms with van der Waals surface area (Å²) in [7, 11) is 0.178. The number of amides is 2. The maximum absolute atomic E-state index is 15.3. The Bertz CT molecular complexity index is 1950. The lowest BCUT2D eigenvalue weighted by molar-refractivity contribution is -0.275. The molecule has 3 atom stereocenters. The highest BCUT2D eigenvalue weighted by molar-refractivity contribution is 7.93. The molecule has 1 N–H and O–H groups in total. The number of carbonyl (C=O) groups is 2. The predicted octanol–water partition coefficient (Wildman–Crippen LogP) is 3.29. The first-order chi connectivity index (χ1) is 22.5. The average molecular weight is 689 g/mol. The number of fused-ring (bicyclic) bond motifs is 1. The molecule has 2 aliphatic rings. The molecule has 0 bridgehead atoms. The minimum atomic E-state index is -5.32. The molecule has 2 amide bonds. The number of anilines is 1. The third-order valence-corrected chi connectivity index (χ3v) is 10.0. The predicted molar refractivity (Wildman–Crippen MR) is 164 cm³/mol. The van der Waals surface area contributed by atoms with Crippen molar-refractivity contribution >= 4 is 27.5 Å². The number of likely N-dealkylation sites (tertiary alicyclic amines) is 1. The number of alkyl halides is 3. The van der Waals surface area contributed by atoms with Gasteiger partial charge in [0.1, 0.15) is 16.4 Å². The molecule has 3 aromatic rings. The number of methoxy groups -OCH3 is 2. The van der Waals surface area contributed by atoms with E-state index in [1.54, 1.807) is 25.1 Å². The van der Waals surface area contributed by atoms with E-state index in [4.69, 9.17) is 9.47 Å². The summed E-state index contributed by atoms with van der Waals surface area (Å²) in [4.78, 5) is 30.6. The van der Waals surface area contributed by atoms with Crippen LogP contribution in [0, 0.1) is 18.3 Å². The highest BCUT2D eigenvalue weighted by Crippen LogP contribution is 2.55. The maximum atomic E-state index is 15.3. The van der Waals surface area contributed by atoms with Crippen LogP contribution in [0.5, 0.6) is 17.2 Å². The minimum Gasteiger partial charge on any atom is -0.497 e. The van der Waals surface area contributed by atoms with Gasteiger partial charge in [-0.15, -0.1) is 13.2 Å². The largest absolute Gasteiger partial charge is 0.573 e. The molecule has 5 rings (SSSR count). The Kier molecular flexibility index (Phi) is 8.84. The van der Waals surface area contributed by atoms with Crippen molar-refractivity contribution in [3.63, 3.8) is 0 Å². The van der Waals surface area contributed by atoms with Crippen molar-refractivity contribution in [2.24, 2.45) is 0 Å². The summed E-state index contributed by atoms with van der Waals surface area (Å²) in [6, 6.07) is 11.9. The van der Waals surface area contributed by atoms with Crippen LogP contribution in [-0.2, 0) is 25.2 Å². The highest BCUT2D eigenvalue weighted by atomic mass is 32.2. The number of hydrogen-bond acceptors (Lipinski definition) is 10. The summed E-state index contributed by atoms with van der Waals surface area (Å²) in [5, 5.41) is 20.9. The van der Waals surface area contributed by atoms with Gasteiger partial charge in [-0.25, -0.2) is 12.7 Å². The number of aliphatic hydroxyl groups excluding tert-OH is 1. The Morgan fingerprint density at radius 2 is 1.75 bits per heavy atom. The number of β-amino-alcohol motifs (C(OH)–C–C–N with tert-alkyl or cyclic N) is 1. The number of benzene rings is 3. The number of nitrogens with zero attached hydrogens (tertiary/aromatic N) is 4. The second kappa shape index (κ2) is 12.3. The number of rotatable bonds is 8. The van der Waals surface area contributed by atoms with Gasteiger partial charge in [-0.3, -0.25) is 14.5 Å². The lowest BCUT2D eigenvalue weighted by Crippen LogP contribution is -2.59. The van der Waals surface area contributed by atoms with Crippen LogP contribution in [0.4, 0.5) is 18.9 Å². The fourth-order valence-electron chi connectivity index (χ4n) is 6.33. The number of aryl methyl sites for hydroxylation is 1. The first-order valence-corrected chi connectivity index (χ1v) is 15.8. The topological polar surface area (TPSA) is 150 Å². The molecule has 0 radical (unpaired) electrons. The van der Waals surface area contributed by atoms with Crippen molar-refractivity contribution in [1.82, 2.24) is 9.80 Å². The molecule has 16 heteroatoms. The number of likely N-dealkylation sites (N-methyl/N-ethyl adjacent to an activating group) is 1. The zero-order valence-corrected chi connectivity index (χ0v) is 27.2. The Balaban J connectivity index is 1.90. The Morgan fingerprint density at radius 1 is 1.04 bits per heavy atom. The Hall–Kier alpha value is -4.85. The minimum absolute atomic E-state index is 0.0116. The van der Waals surface area contributed by atoms with Crippen LogP contribution in [0.3, 0.4) is 0 Å². The van der Waals surface area contributed by atoms with Gasteiger partial charge in [-0.1, -0.05) is 11.6 Å². The van der Waals surface area contributed by atoms with E-state index in [1.165, 1.54) is 49.2 Å². The van der Waals surface area contributed by atoms with Gasteiger partial charge in [0.25, 0.3) is 15.9 Å². The Labute approximate surface area is 274 Å². The molecule has 1 saturated heterocycles. The SMILES string of the molecule is COc1ccc(S(=O)(=O)N2C(=O)C(c3cc(C)ccc3OC)(N3C[C@H](O)C[C@H]3C(=O)N(C)C)c3cc(C#N)ccc32)c(OC(F)(F)F)c1. The number of halogens is 3. The highest BCUT2D eigenvalue weighted by Gasteiger charge is 2.64. The summed E-state index contributed by atoms with van der Waals surface area (Å²) < 4.78 is 85.0. The van der Waals surface area contributed by atoms with Crippen LogP contribution >= 0.6 is 0 Å². The molecule has 0 aromatic heterocycles. The molecule has 3 aromatic carbocycles. The van der Waals surface area contributed by atoms with Gasteiger partial charge < -0.3 is 24.2 Å². The van der Waals surface area contributed by atoms with Crippen molar-refractivity contribution in [1.29, 1.82) is 5.26 Å². The number of ether oxygens (including phenoxy) is 3. The van der Waals surface area contributed by atoms with Crippen LogP contribution in [-0.4, -0.2) is 88.5 Å². The van der Waals surface area contributed by atoms with Gasteiger partial charge in [0.05, 0.1) is 43.7 Å². The normalized spacial score (nSPS) is 21.1. The van der Waals surface area contributed by atoms with Gasteiger partial charge in [-0.2, -0.15) is 5.26 Å². The molecule has 1 unspecified atom stereocenters. The number of nitriles is 1. The van der Waals surface area contributed by atoms with E-state index in [1.807, 2.05) is 6.07 Å². The van der Waals surface area contributed by atoms with Gasteiger partial charge in [0.15, 0.2) is 11.3 Å². The van der Waals surface area contributed by atoms with E-state index in [2.05, 4.69) is 4.74 Å². The third kappa shape index (κ3) is 5.57. The molecule has 254 valence electrons. The van der Waals surface area contributed by atoms with Crippen LogP contribution in [0.2, 0.25) is 0 Å². The smallest absolute Gasteiger partial charge is 0.497 e. The van der Waals surface area contributed by atoms with Crippen molar-refractivity contribution in [3.05, 3.63) is 76.9 Å². The van der Waals surface area contributed by atoms with Crippen molar-refractivity contribution < 1.29 is 50.5 Å². The van der Waals surface area contributed by atoms with E-state index in [9.17, 15) is 36.8 Å². The Morgan fingerprint density at radius 3 is 2.35 bits per heavy atom. The van der Waals surface area contributed by atoms with Crippen LogP contribution in [0.15, 0.2) is 59.5 Å². The van der Waals surface area contributed by atoms with Crippen LogP contribution < -0.4 is 18.5 Å². The van der Waals surface area contributed by atoms with Crippen molar-refractivity contribution in [2.45, 2.75) is 42.3 Å². The van der Waals surface area contributed by atoms with E-state index in [0.29, 0.717) is 9.87 Å². The fraction of sp³-hybridized carbons (Fsp3) is 0.344. The van der Waals surface area contributed by atoms with Gasteiger partial charge >= 0.3 is 6.36 Å². The molecule has 48 heavy (non-hydrogen) atoms. The number of sulfonamides is 1. The third-order valence-electron chi connectivity index (χ3n) is 8.30. The summed E-state index contributed by atoms with van der Waals surface area (Å²) in [5.74, 6) is -2.94. The molecular weight excluding hydrogens is 657 g/mol. The zero-order valence-electron chi connectivity index (χ0n) is 26.4. The quantitative estimate of drug-likeness (QED) is 0.374. The van der Waals surface area contributed by atoms with E-state index < -0.39 is 56.5 Å². The molecule has 2 heterocycles. The van der Waals surface area contributed by atoms with Gasteiger partial charge in [-0.05, 0) is 55.8 Å². The van der Waals surface area contributed by atoms with E-state index >= 15 is 4.79 Å². The lowest BCUT2D eigenvalue weighted by Gasteiger charge is -2.42. The van der Waals surface area contributed by atoms with Crippen molar-refractivity contribution in [2.75, 3.05) is 39.2 Å². The first kappa shape index (κ1) is 34.5. The second-order valence-corrected chi connectivity index (χ2v) is 13.2. The monoisotopic (exact) mass is 688 g/mol. The number of carbonyl (C=O) groups excluding carboxylic acids is 2. The van der Waals surface area contributed by atoms with E-state index in [0.717, 1.165) is 25.3 Å². The molecule has 0 saturated carbocycles. The lowest BCUT2D eigenvalue weighted by atomic mass is 9.79. The van der Waals surface area contributed by atoms with Crippen LogP contribution in [0.25, 0.3) is 0 Å². The first-order valence-electron chi connectivity index (χ1n) is 14.4. The molecule has 0 aliphatic carbocycles. The van der Waals surface area contributed by atoms with E-state index in [-0.39, 0.29) is 46.8 Å². The number of hydrogen-bond donors (Lipinski definition) is 1. The van der Waals surface area contributed by atoms with Crippen LogP contribution in [0.1, 0.15) is 28.7 Å². The molecule has 2 aliphatic heterocycles. The molecule has 12 nitrogen and oxygen atoms in total.